The molecule has 0 aromatic carbocycles. The topological polar surface area (TPSA) is 0 Å². The number of hydrogen-bond donors (Lipinski definition) is 0. The zero-order chi connectivity index (χ0) is 13.1. The molecule has 0 nitrogen and oxygen atoms in total. The van der Waals surface area contributed by atoms with Gasteiger partial charge in [0.1, 0.15) is 0 Å². The van der Waals surface area contributed by atoms with Crippen LogP contribution in [0.25, 0.3) is 0 Å². The average Bonchev–Trinajstić information content (AvgIpc) is 2.37. The molecule has 0 aromatic heterocycles. The molecule has 0 saturated carbocycles. The summed E-state index contributed by atoms with van der Waals surface area (Å²) in [6.07, 6.45) is 14.9. The summed E-state index contributed by atoms with van der Waals surface area (Å²) >= 11 is 0. The van der Waals surface area contributed by atoms with E-state index in [-0.39, 0.29) is 0 Å². The molecule has 106 valence electrons. The van der Waals surface area contributed by atoms with Crippen molar-refractivity contribution in [2.75, 3.05) is 18.5 Å². The van der Waals surface area contributed by atoms with E-state index in [0.29, 0.717) is 0 Å². The molecule has 0 heterocycles. The molecule has 0 saturated heterocycles. The van der Waals surface area contributed by atoms with Gasteiger partial charge in [-0.05, 0) is 0 Å². The van der Waals surface area contributed by atoms with Crippen LogP contribution >= 0.6 is 7.26 Å². The van der Waals surface area contributed by atoms with Gasteiger partial charge in [-0.25, -0.2) is 0 Å². The minimum absolute atomic E-state index is 0.962. The molecule has 0 aromatic rings. The van der Waals surface area contributed by atoms with Crippen LogP contribution in [0.3, 0.4) is 0 Å². The number of unbranched alkanes of at least 4 members (excludes halogenated alkanes) is 3. The standard InChI is InChI=1S/C16H37P/c1-6-10-13-17(14-11-7-2,15-12-8-3)16(5)9-4/h16-17H,6-15H2,1-5H3. The molecule has 0 bridgehead atoms. The summed E-state index contributed by atoms with van der Waals surface area (Å²) < 4.78 is 0. The van der Waals surface area contributed by atoms with Crippen molar-refractivity contribution < 1.29 is 0 Å². The first-order chi connectivity index (χ1) is 8.16. The second kappa shape index (κ2) is 10.4. The molecule has 0 aliphatic rings. The van der Waals surface area contributed by atoms with Crippen LogP contribution in [-0.2, 0) is 0 Å². The van der Waals surface area contributed by atoms with Crippen molar-refractivity contribution in [1.29, 1.82) is 0 Å². The molecule has 0 aliphatic carbocycles. The van der Waals surface area contributed by atoms with E-state index in [0.717, 1.165) is 5.66 Å². The van der Waals surface area contributed by atoms with Crippen molar-refractivity contribution >= 4 is 7.26 Å². The normalized spacial score (nSPS) is 14.9. The van der Waals surface area contributed by atoms with Gasteiger partial charge in [-0.15, -0.1) is 0 Å². The minimum atomic E-state index is -0.962. The van der Waals surface area contributed by atoms with Crippen LogP contribution in [0.1, 0.15) is 79.6 Å². The van der Waals surface area contributed by atoms with Gasteiger partial charge in [-0.1, -0.05) is 0 Å². The van der Waals surface area contributed by atoms with E-state index >= 15 is 0 Å². The summed E-state index contributed by atoms with van der Waals surface area (Å²) in [5, 5.41) is 0. The molecule has 0 spiro atoms. The zero-order valence-corrected chi connectivity index (χ0v) is 14.1. The third-order valence-electron chi connectivity index (χ3n) is 4.74. The quantitative estimate of drug-likeness (QED) is 0.404. The van der Waals surface area contributed by atoms with Crippen molar-refractivity contribution in [3.63, 3.8) is 0 Å². The van der Waals surface area contributed by atoms with E-state index < -0.39 is 7.26 Å². The van der Waals surface area contributed by atoms with Crippen molar-refractivity contribution in [3.05, 3.63) is 0 Å². The van der Waals surface area contributed by atoms with Gasteiger partial charge in [-0.3, -0.25) is 0 Å². The van der Waals surface area contributed by atoms with E-state index in [1.165, 1.54) is 44.9 Å². The van der Waals surface area contributed by atoms with Crippen molar-refractivity contribution in [1.82, 2.24) is 0 Å². The second-order valence-corrected chi connectivity index (χ2v) is 11.2. The Bertz CT molecular complexity index is 143. The summed E-state index contributed by atoms with van der Waals surface area (Å²) in [5.74, 6) is 0. The molecule has 0 amide bonds. The van der Waals surface area contributed by atoms with Gasteiger partial charge in [0.2, 0.25) is 0 Å². The maximum absolute atomic E-state index is 2.56. The molecular weight excluding hydrogens is 223 g/mol. The van der Waals surface area contributed by atoms with Crippen molar-refractivity contribution in [2.45, 2.75) is 85.2 Å². The second-order valence-electron chi connectivity index (χ2n) is 5.98. The molecule has 17 heavy (non-hydrogen) atoms. The van der Waals surface area contributed by atoms with E-state index in [1.54, 1.807) is 18.5 Å². The number of hydrogen-bond acceptors (Lipinski definition) is 0. The number of rotatable bonds is 11. The van der Waals surface area contributed by atoms with Gasteiger partial charge in [-0.2, -0.15) is 0 Å². The van der Waals surface area contributed by atoms with Crippen LogP contribution in [0.5, 0.6) is 0 Å². The van der Waals surface area contributed by atoms with Crippen LogP contribution < -0.4 is 0 Å². The molecule has 0 N–H and O–H groups in total. The van der Waals surface area contributed by atoms with Crippen LogP contribution in [0.4, 0.5) is 0 Å². The Morgan fingerprint density at radius 2 is 1.06 bits per heavy atom. The van der Waals surface area contributed by atoms with E-state index in [2.05, 4.69) is 34.6 Å². The summed E-state index contributed by atoms with van der Waals surface area (Å²) in [7, 11) is -0.962. The van der Waals surface area contributed by atoms with Crippen LogP contribution in [-0.4, -0.2) is 24.1 Å². The molecule has 0 rings (SSSR count). The van der Waals surface area contributed by atoms with Crippen LogP contribution in [0.2, 0.25) is 0 Å². The Morgan fingerprint density at radius 1 is 0.706 bits per heavy atom. The summed E-state index contributed by atoms with van der Waals surface area (Å²) in [4.78, 5) is 0. The predicted octanol–water partition coefficient (Wildman–Crippen LogP) is 5.94. The van der Waals surface area contributed by atoms with Gasteiger partial charge in [0, 0.05) is 0 Å². The fourth-order valence-corrected chi connectivity index (χ4v) is 9.40. The van der Waals surface area contributed by atoms with E-state index in [9.17, 15) is 0 Å². The Balaban J connectivity index is 4.63. The van der Waals surface area contributed by atoms with E-state index in [1.807, 2.05) is 0 Å². The Hall–Kier alpha value is 0.430. The predicted molar refractivity (Wildman–Crippen MR) is 87.4 cm³/mol. The fourth-order valence-electron chi connectivity index (χ4n) is 3.13. The summed E-state index contributed by atoms with van der Waals surface area (Å²) in [5.41, 5.74) is 1.05. The van der Waals surface area contributed by atoms with Crippen molar-refractivity contribution in [3.8, 4) is 0 Å². The first-order valence-corrected chi connectivity index (χ1v) is 10.9. The molecular formula is C16H37P. The molecule has 1 unspecified atom stereocenters. The van der Waals surface area contributed by atoms with Gasteiger partial charge in [0.15, 0.2) is 0 Å². The third-order valence-corrected chi connectivity index (χ3v) is 11.3. The first kappa shape index (κ1) is 17.4. The molecule has 1 atom stereocenters. The van der Waals surface area contributed by atoms with Crippen LogP contribution in [0.15, 0.2) is 0 Å². The third kappa shape index (κ3) is 6.23. The SMILES string of the molecule is CCCC[PH](CCCC)(CCCC)C(C)CC. The van der Waals surface area contributed by atoms with Gasteiger partial charge >= 0.3 is 111 Å². The van der Waals surface area contributed by atoms with Gasteiger partial charge in [0.05, 0.1) is 0 Å². The zero-order valence-electron chi connectivity index (χ0n) is 13.1. The molecule has 0 fully saturated rings. The molecule has 0 radical (unpaired) electrons. The average molecular weight is 260 g/mol. The summed E-state index contributed by atoms with van der Waals surface area (Å²) in [6, 6.07) is 0. The Kier molecular flexibility index (Phi) is 10.6. The molecule has 1 heteroatoms. The Labute approximate surface area is 111 Å². The first-order valence-electron chi connectivity index (χ1n) is 8.16. The van der Waals surface area contributed by atoms with Gasteiger partial charge < -0.3 is 0 Å². The monoisotopic (exact) mass is 260 g/mol. The van der Waals surface area contributed by atoms with E-state index in [4.69, 9.17) is 0 Å². The molecule has 0 aliphatic heterocycles. The van der Waals surface area contributed by atoms with Crippen LogP contribution in [0, 0.1) is 0 Å². The van der Waals surface area contributed by atoms with Crippen molar-refractivity contribution in [2.24, 2.45) is 0 Å². The summed E-state index contributed by atoms with van der Waals surface area (Å²) in [6.45, 7) is 12.0. The van der Waals surface area contributed by atoms with Gasteiger partial charge in [0.25, 0.3) is 0 Å². The Morgan fingerprint density at radius 3 is 1.29 bits per heavy atom. The fraction of sp³-hybridized carbons (Fsp3) is 1.00. The maximum atomic E-state index is 2.56.